The van der Waals surface area contributed by atoms with Gasteiger partial charge in [0.15, 0.2) is 0 Å². The lowest BCUT2D eigenvalue weighted by atomic mass is 9.92. The van der Waals surface area contributed by atoms with E-state index >= 15 is 0 Å². The number of nitrogens with one attached hydrogen (secondary N) is 2. The fourth-order valence-electron chi connectivity index (χ4n) is 4.20. The van der Waals surface area contributed by atoms with Crippen molar-refractivity contribution in [1.82, 2.24) is 15.0 Å². The van der Waals surface area contributed by atoms with Crippen LogP contribution in [-0.2, 0) is 32.5 Å². The first-order valence-corrected chi connectivity index (χ1v) is 15.5. The lowest BCUT2D eigenvalue weighted by Crippen LogP contribution is -2.27. The Morgan fingerprint density at radius 1 is 1.05 bits per heavy atom. The summed E-state index contributed by atoms with van der Waals surface area (Å²) in [6.07, 6.45) is -1.41. The van der Waals surface area contributed by atoms with Crippen LogP contribution in [0.2, 0.25) is 0 Å². The van der Waals surface area contributed by atoms with E-state index in [2.05, 4.69) is 25.6 Å². The van der Waals surface area contributed by atoms with Crippen molar-refractivity contribution in [2.45, 2.75) is 44.6 Å². The van der Waals surface area contributed by atoms with E-state index in [4.69, 9.17) is 0 Å². The van der Waals surface area contributed by atoms with Crippen molar-refractivity contribution in [2.75, 3.05) is 28.2 Å². The van der Waals surface area contributed by atoms with Gasteiger partial charge in [-0.25, -0.2) is 18.4 Å². The monoisotopic (exact) mass is 602 g/mol. The highest BCUT2D eigenvalue weighted by atomic mass is 32.2. The number of benzene rings is 1. The normalized spacial score (nSPS) is 12.7. The third kappa shape index (κ3) is 6.72. The topological polar surface area (TPSA) is 158 Å². The average molecular weight is 603 g/mol. The molecule has 0 saturated carbocycles. The van der Waals surface area contributed by atoms with E-state index in [-0.39, 0.29) is 31.2 Å². The Morgan fingerprint density at radius 3 is 2.20 bits per heavy atom. The van der Waals surface area contributed by atoms with E-state index in [1.165, 1.54) is 37.5 Å². The molecule has 0 fully saturated rings. The second-order valence-electron chi connectivity index (χ2n) is 9.01. The lowest BCUT2D eigenvalue weighted by molar-refractivity contribution is -0.137. The molecule has 0 unspecified atom stereocenters. The van der Waals surface area contributed by atoms with Gasteiger partial charge < -0.3 is 20.4 Å². The number of alkyl halides is 3. The van der Waals surface area contributed by atoms with Gasteiger partial charge in [0.25, 0.3) is 0 Å². The van der Waals surface area contributed by atoms with Crippen molar-refractivity contribution in [3.8, 4) is 0 Å². The van der Waals surface area contributed by atoms with Crippen molar-refractivity contribution in [3.63, 3.8) is 0 Å². The van der Waals surface area contributed by atoms with Gasteiger partial charge in [0, 0.05) is 37.2 Å². The molecule has 11 nitrogen and oxygen atoms in total. The minimum absolute atomic E-state index is 0.0455. The molecule has 0 radical (unpaired) electrons. The van der Waals surface area contributed by atoms with Gasteiger partial charge in [0.05, 0.1) is 11.4 Å². The molecule has 40 heavy (non-hydrogen) atoms. The summed E-state index contributed by atoms with van der Waals surface area (Å²) in [5, 5.41) is 4.05. The fraction of sp³-hybridized carbons (Fsp3) is 0.375. The summed E-state index contributed by atoms with van der Waals surface area (Å²) in [6, 6.07) is 9.19. The first-order valence-electron chi connectivity index (χ1n) is 12.0. The highest BCUT2D eigenvalue weighted by molar-refractivity contribution is 7.92. The molecule has 0 saturated heterocycles. The minimum atomic E-state index is -4.78. The van der Waals surface area contributed by atoms with Crippen LogP contribution >= 0.6 is 7.60 Å². The molecule has 0 atom stereocenters. The molecular weight excluding hydrogens is 572 g/mol. The summed E-state index contributed by atoms with van der Waals surface area (Å²) in [5.74, 6) is -0.671. The highest BCUT2D eigenvalue weighted by Crippen LogP contribution is 2.60. The number of hydrogen-bond acceptors (Lipinski definition) is 8. The highest BCUT2D eigenvalue weighted by Gasteiger charge is 2.45. The first kappa shape index (κ1) is 31.3. The Hall–Kier alpha value is -3.26. The number of hydrogen-bond donors (Lipinski definition) is 4. The van der Waals surface area contributed by atoms with Gasteiger partial charge in [-0.15, -0.1) is 0 Å². The Labute approximate surface area is 230 Å². The van der Waals surface area contributed by atoms with Crippen LogP contribution in [0, 0.1) is 0 Å². The number of rotatable bonds is 11. The summed E-state index contributed by atoms with van der Waals surface area (Å²) >= 11 is 0. The van der Waals surface area contributed by atoms with Crippen molar-refractivity contribution in [3.05, 3.63) is 65.5 Å². The van der Waals surface area contributed by atoms with Crippen LogP contribution < -0.4 is 14.9 Å². The zero-order valence-corrected chi connectivity index (χ0v) is 23.8. The summed E-state index contributed by atoms with van der Waals surface area (Å²) in [5.41, 5.74) is -0.00992. The second kappa shape index (κ2) is 11.7. The summed E-state index contributed by atoms with van der Waals surface area (Å²) in [7, 11) is -6.88. The van der Waals surface area contributed by atoms with Gasteiger partial charge in [0.2, 0.25) is 16.0 Å². The van der Waals surface area contributed by atoms with E-state index in [1.807, 2.05) is 0 Å². The molecule has 3 aromatic rings. The summed E-state index contributed by atoms with van der Waals surface area (Å²) < 4.78 is 78.2. The SMILES string of the molecule is CCC(CC)(c1ccc(Nc2ncc(C(F)(F)F)c(NCc3cccnc3N(C)S(C)(=O)=O)n2)cc1)P(=O)(O)O. The Morgan fingerprint density at radius 2 is 1.68 bits per heavy atom. The third-order valence-electron chi connectivity index (χ3n) is 6.61. The van der Waals surface area contributed by atoms with Gasteiger partial charge in [0.1, 0.15) is 17.2 Å². The van der Waals surface area contributed by atoms with Crippen molar-refractivity contribution in [2.24, 2.45) is 0 Å². The van der Waals surface area contributed by atoms with E-state index in [0.717, 1.165) is 10.6 Å². The largest absolute Gasteiger partial charge is 0.421 e. The van der Waals surface area contributed by atoms with E-state index in [1.54, 1.807) is 26.0 Å². The maximum absolute atomic E-state index is 13.7. The van der Waals surface area contributed by atoms with Crippen LogP contribution in [0.5, 0.6) is 0 Å². The number of anilines is 4. The van der Waals surface area contributed by atoms with Gasteiger partial charge in [-0.2, -0.15) is 18.2 Å². The number of pyridine rings is 1. The number of sulfonamides is 1. The fourth-order valence-corrected chi connectivity index (χ4v) is 5.99. The van der Waals surface area contributed by atoms with Crippen molar-refractivity contribution >= 4 is 40.9 Å². The number of halogens is 3. The number of aromatic nitrogens is 3. The Kier molecular flexibility index (Phi) is 9.14. The molecule has 218 valence electrons. The summed E-state index contributed by atoms with van der Waals surface area (Å²) in [6.45, 7) is 3.15. The quantitative estimate of drug-likeness (QED) is 0.224. The first-order chi connectivity index (χ1) is 18.5. The van der Waals surface area contributed by atoms with E-state index in [9.17, 15) is 35.9 Å². The molecule has 4 N–H and O–H groups in total. The average Bonchev–Trinajstić information content (AvgIpc) is 2.87. The predicted molar refractivity (Wildman–Crippen MR) is 146 cm³/mol. The number of nitrogens with zero attached hydrogens (tertiary/aromatic N) is 4. The zero-order chi connectivity index (χ0) is 29.9. The Bertz CT molecular complexity index is 1500. The molecule has 16 heteroatoms. The van der Waals surface area contributed by atoms with Gasteiger partial charge >= 0.3 is 13.8 Å². The molecule has 0 aliphatic rings. The lowest BCUT2D eigenvalue weighted by Gasteiger charge is -2.33. The molecular formula is C24H30F3N6O5PS. The van der Waals surface area contributed by atoms with Crippen LogP contribution in [-0.4, -0.2) is 46.5 Å². The standard InChI is InChI=1S/C24H30F3N6O5PS/c1-5-23(6-2,39(34,35)36)17-9-11-18(12-10-17)31-22-30-15-19(24(25,26)27)20(32-22)29-14-16-8-7-13-28-21(16)33(3)40(4,37)38/h7-13,15H,5-6,14H2,1-4H3,(H2,34,35,36)(H2,29,30,31,32). The van der Waals surface area contributed by atoms with Crippen molar-refractivity contribution in [1.29, 1.82) is 0 Å². The maximum Gasteiger partial charge on any atom is 0.421 e. The van der Waals surface area contributed by atoms with E-state index in [0.29, 0.717) is 23.0 Å². The molecule has 0 amide bonds. The smallest absolute Gasteiger partial charge is 0.365 e. The van der Waals surface area contributed by atoms with Gasteiger partial charge in [-0.1, -0.05) is 32.0 Å². The van der Waals surface area contributed by atoms with Gasteiger partial charge in [-0.05, 0) is 36.6 Å². The van der Waals surface area contributed by atoms with Crippen molar-refractivity contribution < 1.29 is 35.9 Å². The van der Waals surface area contributed by atoms with Crippen LogP contribution in [0.3, 0.4) is 0 Å². The maximum atomic E-state index is 13.7. The molecule has 2 heterocycles. The van der Waals surface area contributed by atoms with Crippen LogP contribution in [0.15, 0.2) is 48.8 Å². The zero-order valence-electron chi connectivity index (χ0n) is 22.1. The molecule has 3 rings (SSSR count). The van der Waals surface area contributed by atoms with E-state index < -0.39 is 40.3 Å². The minimum Gasteiger partial charge on any atom is -0.365 e. The molecule has 0 bridgehead atoms. The molecule has 0 aliphatic heterocycles. The van der Waals surface area contributed by atoms with Crippen LogP contribution in [0.25, 0.3) is 0 Å². The predicted octanol–water partition coefficient (Wildman–Crippen LogP) is 4.83. The summed E-state index contributed by atoms with van der Waals surface area (Å²) in [4.78, 5) is 31.7. The van der Waals surface area contributed by atoms with Crippen LogP contribution in [0.4, 0.5) is 36.4 Å². The van der Waals surface area contributed by atoms with Crippen LogP contribution in [0.1, 0.15) is 43.4 Å². The van der Waals surface area contributed by atoms with Gasteiger partial charge in [-0.3, -0.25) is 8.87 Å². The second-order valence-corrected chi connectivity index (χ2v) is 13.0. The third-order valence-corrected chi connectivity index (χ3v) is 9.78. The Balaban J connectivity index is 1.91. The molecule has 2 aromatic heterocycles. The molecule has 0 aliphatic carbocycles. The molecule has 1 aromatic carbocycles. The molecule has 0 spiro atoms.